The average Bonchev–Trinajstić information content (AvgIpc) is 2.27. The topological polar surface area (TPSA) is 29.1 Å². The number of nitrogens with one attached hydrogen (secondary N) is 1. The van der Waals surface area contributed by atoms with E-state index < -0.39 is 16.6 Å². The Kier molecular flexibility index (Phi) is 6.09. The van der Waals surface area contributed by atoms with Gasteiger partial charge < -0.3 is 5.32 Å². The summed E-state index contributed by atoms with van der Waals surface area (Å²) in [7, 11) is -1.11. The van der Waals surface area contributed by atoms with E-state index in [4.69, 9.17) is 11.6 Å². The van der Waals surface area contributed by atoms with Crippen LogP contribution in [0.3, 0.4) is 0 Å². The third-order valence-electron chi connectivity index (χ3n) is 2.21. The van der Waals surface area contributed by atoms with Gasteiger partial charge in [-0.2, -0.15) is 0 Å². The lowest BCUT2D eigenvalue weighted by atomic mass is 10.3. The van der Waals surface area contributed by atoms with Crippen molar-refractivity contribution in [3.8, 4) is 0 Å². The SMILES string of the molecule is CC(C)NCCCS(=O)c1ccc(F)c(Cl)c1. The number of halogens is 2. The quantitative estimate of drug-likeness (QED) is 0.810. The molecule has 0 aliphatic rings. The van der Waals surface area contributed by atoms with Crippen molar-refractivity contribution in [2.45, 2.75) is 31.2 Å². The molecule has 1 aromatic rings. The van der Waals surface area contributed by atoms with E-state index in [2.05, 4.69) is 19.2 Å². The van der Waals surface area contributed by atoms with Crippen LogP contribution in [0.25, 0.3) is 0 Å². The highest BCUT2D eigenvalue weighted by molar-refractivity contribution is 7.85. The summed E-state index contributed by atoms with van der Waals surface area (Å²) >= 11 is 5.64. The fourth-order valence-electron chi connectivity index (χ4n) is 1.33. The Morgan fingerprint density at radius 1 is 1.47 bits per heavy atom. The summed E-state index contributed by atoms with van der Waals surface area (Å²) in [5.41, 5.74) is 0. The highest BCUT2D eigenvalue weighted by Crippen LogP contribution is 2.18. The van der Waals surface area contributed by atoms with E-state index in [0.29, 0.717) is 16.7 Å². The zero-order valence-electron chi connectivity index (χ0n) is 10.0. The van der Waals surface area contributed by atoms with Crippen LogP contribution in [0.1, 0.15) is 20.3 Å². The van der Waals surface area contributed by atoms with Crippen molar-refractivity contribution in [3.05, 3.63) is 29.0 Å². The second-order valence-electron chi connectivity index (χ2n) is 4.09. The van der Waals surface area contributed by atoms with E-state index in [-0.39, 0.29) is 5.02 Å². The van der Waals surface area contributed by atoms with Gasteiger partial charge in [0.1, 0.15) is 5.82 Å². The lowest BCUT2D eigenvalue weighted by Gasteiger charge is -2.07. The molecule has 0 spiro atoms. The third kappa shape index (κ3) is 5.15. The number of hydrogen-bond acceptors (Lipinski definition) is 2. The molecule has 0 heterocycles. The van der Waals surface area contributed by atoms with Crippen LogP contribution in [0.15, 0.2) is 23.1 Å². The molecule has 1 atom stereocenters. The van der Waals surface area contributed by atoms with Crippen LogP contribution in [-0.2, 0) is 10.8 Å². The average molecular weight is 278 g/mol. The van der Waals surface area contributed by atoms with Crippen LogP contribution in [0, 0.1) is 5.82 Å². The molecule has 0 fully saturated rings. The van der Waals surface area contributed by atoms with Crippen molar-refractivity contribution in [1.82, 2.24) is 5.32 Å². The van der Waals surface area contributed by atoms with Crippen LogP contribution in [-0.4, -0.2) is 22.5 Å². The molecule has 0 bridgehead atoms. The molecule has 0 saturated heterocycles. The maximum Gasteiger partial charge on any atom is 0.141 e. The molecule has 5 heteroatoms. The van der Waals surface area contributed by atoms with Crippen molar-refractivity contribution >= 4 is 22.4 Å². The molecule has 1 rings (SSSR count). The van der Waals surface area contributed by atoms with Crippen molar-refractivity contribution < 1.29 is 8.60 Å². The van der Waals surface area contributed by atoms with Gasteiger partial charge in [-0.1, -0.05) is 25.4 Å². The fraction of sp³-hybridized carbons (Fsp3) is 0.500. The van der Waals surface area contributed by atoms with Crippen LogP contribution in [0.2, 0.25) is 5.02 Å². The van der Waals surface area contributed by atoms with E-state index in [1.807, 2.05) is 0 Å². The standard InChI is InChI=1S/C12H17ClFNOS/c1-9(2)15-6-3-7-17(16)10-4-5-12(14)11(13)8-10/h4-5,8-9,15H,3,6-7H2,1-2H3. The van der Waals surface area contributed by atoms with Gasteiger partial charge in [0, 0.05) is 16.7 Å². The lowest BCUT2D eigenvalue weighted by molar-refractivity contribution is 0.583. The minimum absolute atomic E-state index is 0.0242. The zero-order chi connectivity index (χ0) is 12.8. The third-order valence-corrected chi connectivity index (χ3v) is 3.94. The van der Waals surface area contributed by atoms with E-state index in [1.54, 1.807) is 0 Å². The molecule has 1 N–H and O–H groups in total. The maximum absolute atomic E-state index is 12.9. The van der Waals surface area contributed by atoms with Gasteiger partial charge in [0.25, 0.3) is 0 Å². The minimum atomic E-state index is -1.11. The Balaban J connectivity index is 2.44. The summed E-state index contributed by atoms with van der Waals surface area (Å²) in [6.07, 6.45) is 0.819. The highest BCUT2D eigenvalue weighted by Gasteiger charge is 2.07. The van der Waals surface area contributed by atoms with Gasteiger partial charge in [-0.15, -0.1) is 0 Å². The van der Waals surface area contributed by atoms with E-state index in [0.717, 1.165) is 13.0 Å². The normalized spacial score (nSPS) is 13.0. The van der Waals surface area contributed by atoms with Gasteiger partial charge in [0.15, 0.2) is 0 Å². The summed E-state index contributed by atoms with van der Waals surface area (Å²) in [6, 6.07) is 4.64. The Morgan fingerprint density at radius 2 is 2.18 bits per heavy atom. The molecule has 17 heavy (non-hydrogen) atoms. The Hall–Kier alpha value is -0.450. The first kappa shape index (κ1) is 14.6. The van der Waals surface area contributed by atoms with Crippen molar-refractivity contribution in [3.63, 3.8) is 0 Å². The number of rotatable bonds is 6. The minimum Gasteiger partial charge on any atom is -0.315 e. The van der Waals surface area contributed by atoms with E-state index in [1.165, 1.54) is 18.2 Å². The highest BCUT2D eigenvalue weighted by atomic mass is 35.5. The molecular formula is C12H17ClFNOS. The van der Waals surface area contributed by atoms with Gasteiger partial charge in [-0.3, -0.25) is 4.21 Å². The van der Waals surface area contributed by atoms with Gasteiger partial charge in [-0.25, -0.2) is 4.39 Å². The molecule has 2 nitrogen and oxygen atoms in total. The molecule has 96 valence electrons. The monoisotopic (exact) mass is 277 g/mol. The summed E-state index contributed by atoms with van der Waals surface area (Å²) in [6.45, 7) is 4.96. The molecular weight excluding hydrogens is 261 g/mol. The van der Waals surface area contributed by atoms with E-state index in [9.17, 15) is 8.60 Å². The Morgan fingerprint density at radius 3 is 2.76 bits per heavy atom. The predicted octanol–water partition coefficient (Wildman–Crippen LogP) is 2.97. The summed E-state index contributed by atoms with van der Waals surface area (Å²) in [5, 5.41) is 3.28. The first-order chi connectivity index (χ1) is 8.00. The van der Waals surface area contributed by atoms with Gasteiger partial charge in [0.05, 0.1) is 15.8 Å². The van der Waals surface area contributed by atoms with Crippen molar-refractivity contribution in [1.29, 1.82) is 0 Å². The Bertz CT molecular complexity index is 398. The molecule has 1 aromatic carbocycles. The summed E-state index contributed by atoms with van der Waals surface area (Å²) < 4.78 is 24.8. The Labute approximate surface area is 109 Å². The second-order valence-corrected chi connectivity index (χ2v) is 6.07. The van der Waals surface area contributed by atoms with Crippen molar-refractivity contribution in [2.75, 3.05) is 12.3 Å². The smallest absolute Gasteiger partial charge is 0.141 e. The summed E-state index contributed by atoms with van der Waals surface area (Å²) in [5.74, 6) is 0.0793. The largest absolute Gasteiger partial charge is 0.315 e. The molecule has 0 saturated carbocycles. The number of hydrogen-bond donors (Lipinski definition) is 1. The molecule has 0 aliphatic heterocycles. The molecule has 0 aromatic heterocycles. The first-order valence-corrected chi connectivity index (χ1v) is 7.27. The lowest BCUT2D eigenvalue weighted by Crippen LogP contribution is -2.24. The van der Waals surface area contributed by atoms with E-state index >= 15 is 0 Å². The van der Waals surface area contributed by atoms with Gasteiger partial charge in [0.2, 0.25) is 0 Å². The summed E-state index contributed by atoms with van der Waals surface area (Å²) in [4.78, 5) is 0.584. The molecule has 0 amide bonds. The van der Waals surface area contributed by atoms with Crippen LogP contribution >= 0.6 is 11.6 Å². The van der Waals surface area contributed by atoms with Crippen molar-refractivity contribution in [2.24, 2.45) is 0 Å². The van der Waals surface area contributed by atoms with Gasteiger partial charge in [-0.05, 0) is 31.2 Å². The molecule has 0 aliphatic carbocycles. The van der Waals surface area contributed by atoms with Crippen LogP contribution in [0.5, 0.6) is 0 Å². The molecule has 1 unspecified atom stereocenters. The maximum atomic E-state index is 12.9. The first-order valence-electron chi connectivity index (χ1n) is 5.57. The zero-order valence-corrected chi connectivity index (χ0v) is 11.6. The van der Waals surface area contributed by atoms with Crippen LogP contribution in [0.4, 0.5) is 4.39 Å². The molecule has 0 radical (unpaired) electrons. The van der Waals surface area contributed by atoms with Crippen LogP contribution < -0.4 is 5.32 Å². The fourth-order valence-corrected chi connectivity index (χ4v) is 2.69. The number of benzene rings is 1. The second kappa shape index (κ2) is 7.09. The van der Waals surface area contributed by atoms with Gasteiger partial charge >= 0.3 is 0 Å². The predicted molar refractivity (Wildman–Crippen MR) is 70.4 cm³/mol.